The Bertz CT molecular complexity index is 523. The van der Waals surface area contributed by atoms with E-state index in [-0.39, 0.29) is 17.6 Å². The molecule has 1 aromatic rings. The van der Waals surface area contributed by atoms with E-state index in [0.29, 0.717) is 18.2 Å². The van der Waals surface area contributed by atoms with Gasteiger partial charge in [-0.2, -0.15) is 4.98 Å². The minimum Gasteiger partial charge on any atom is -0.471 e. The van der Waals surface area contributed by atoms with Crippen molar-refractivity contribution in [2.24, 2.45) is 0 Å². The Kier molecular flexibility index (Phi) is 4.89. The molecule has 2 rings (SSSR count). The molecule has 2 heterocycles. The van der Waals surface area contributed by atoms with Gasteiger partial charge in [-0.25, -0.2) is 4.98 Å². The fourth-order valence-electron chi connectivity index (χ4n) is 2.49. The Labute approximate surface area is 123 Å². The summed E-state index contributed by atoms with van der Waals surface area (Å²) in [6.45, 7) is 3.01. The first-order valence-corrected chi connectivity index (χ1v) is 7.06. The number of ether oxygens (including phenoxy) is 1. The summed E-state index contributed by atoms with van der Waals surface area (Å²) in [5.41, 5.74) is 0.138. The third-order valence-electron chi connectivity index (χ3n) is 3.77. The molecule has 1 saturated heterocycles. The van der Waals surface area contributed by atoms with Crippen molar-refractivity contribution < 1.29 is 9.66 Å². The average Bonchev–Trinajstić information content (AvgIpc) is 2.45. The quantitative estimate of drug-likeness (QED) is 0.651. The highest BCUT2D eigenvalue weighted by Gasteiger charge is 2.26. The molecular formula is C13H21N5O3. The molecule has 1 aromatic heterocycles. The van der Waals surface area contributed by atoms with E-state index in [4.69, 9.17) is 4.74 Å². The van der Waals surface area contributed by atoms with E-state index in [0.717, 1.165) is 19.4 Å². The van der Waals surface area contributed by atoms with Gasteiger partial charge in [0, 0.05) is 13.1 Å². The van der Waals surface area contributed by atoms with Crippen LogP contribution >= 0.6 is 0 Å². The molecule has 1 N–H and O–H groups in total. The first kappa shape index (κ1) is 15.4. The van der Waals surface area contributed by atoms with Crippen LogP contribution in [0.4, 0.5) is 11.6 Å². The predicted octanol–water partition coefficient (Wildman–Crippen LogP) is 1.60. The van der Waals surface area contributed by atoms with Gasteiger partial charge in [0.05, 0.1) is 4.92 Å². The van der Waals surface area contributed by atoms with Crippen LogP contribution in [0.2, 0.25) is 0 Å². The van der Waals surface area contributed by atoms with Crippen LogP contribution in [-0.4, -0.2) is 53.1 Å². The molecule has 0 bridgehead atoms. The first-order chi connectivity index (χ1) is 10.0. The molecule has 1 unspecified atom stereocenters. The number of aromatic nitrogens is 2. The zero-order valence-corrected chi connectivity index (χ0v) is 12.6. The first-order valence-electron chi connectivity index (χ1n) is 7.06. The molecule has 21 heavy (non-hydrogen) atoms. The average molecular weight is 295 g/mol. The van der Waals surface area contributed by atoms with E-state index in [1.807, 2.05) is 7.05 Å². The molecule has 0 spiro atoms. The molecule has 1 aliphatic heterocycles. The van der Waals surface area contributed by atoms with Crippen LogP contribution in [0.25, 0.3) is 0 Å². The van der Waals surface area contributed by atoms with Gasteiger partial charge in [0.2, 0.25) is 5.95 Å². The number of likely N-dealkylation sites (tertiary alicyclic amines) is 1. The lowest BCUT2D eigenvalue weighted by Crippen LogP contribution is -2.40. The lowest BCUT2D eigenvalue weighted by molar-refractivity contribution is -0.387. The molecule has 8 nitrogen and oxygen atoms in total. The topological polar surface area (TPSA) is 93.4 Å². The number of nitrogens with one attached hydrogen (secondary N) is 1. The highest BCUT2D eigenvalue weighted by atomic mass is 16.6. The van der Waals surface area contributed by atoms with Crippen LogP contribution in [0, 0.1) is 17.0 Å². The van der Waals surface area contributed by atoms with Crippen LogP contribution in [0.15, 0.2) is 0 Å². The number of nitro groups is 1. The zero-order valence-electron chi connectivity index (χ0n) is 12.6. The Balaban J connectivity index is 2.17. The van der Waals surface area contributed by atoms with E-state index < -0.39 is 4.92 Å². The lowest BCUT2D eigenvalue weighted by atomic mass is 10.0. The molecule has 1 aliphatic rings. The van der Waals surface area contributed by atoms with Crippen LogP contribution in [0.5, 0.6) is 5.88 Å². The van der Waals surface area contributed by atoms with Crippen molar-refractivity contribution in [3.63, 3.8) is 0 Å². The second-order valence-corrected chi connectivity index (χ2v) is 5.23. The van der Waals surface area contributed by atoms with E-state index in [1.54, 1.807) is 14.0 Å². The fraction of sp³-hybridized carbons (Fsp3) is 0.692. The van der Waals surface area contributed by atoms with Gasteiger partial charge in [0.1, 0.15) is 12.3 Å². The third-order valence-corrected chi connectivity index (χ3v) is 3.77. The Morgan fingerprint density at radius 2 is 2.24 bits per heavy atom. The van der Waals surface area contributed by atoms with Crippen LogP contribution in [0.1, 0.15) is 25.0 Å². The second-order valence-electron chi connectivity index (χ2n) is 5.23. The molecule has 116 valence electrons. The predicted molar refractivity (Wildman–Crippen MR) is 78.7 cm³/mol. The third kappa shape index (κ3) is 3.57. The maximum Gasteiger partial charge on any atom is 0.352 e. The summed E-state index contributed by atoms with van der Waals surface area (Å²) < 4.78 is 5.66. The Hall–Kier alpha value is -1.96. The lowest BCUT2D eigenvalue weighted by Gasteiger charge is -2.31. The van der Waals surface area contributed by atoms with Crippen LogP contribution in [-0.2, 0) is 0 Å². The normalized spacial score (nSPS) is 19.3. The number of piperidine rings is 1. The second kappa shape index (κ2) is 6.66. The van der Waals surface area contributed by atoms with Gasteiger partial charge in [0.25, 0.3) is 5.88 Å². The summed E-state index contributed by atoms with van der Waals surface area (Å²) in [6, 6.07) is 0.270. The van der Waals surface area contributed by atoms with Gasteiger partial charge in [-0.1, -0.05) is 6.42 Å². The number of rotatable bonds is 5. The van der Waals surface area contributed by atoms with Crippen LogP contribution in [0.3, 0.4) is 0 Å². The number of hydrogen-bond acceptors (Lipinski definition) is 7. The molecule has 0 amide bonds. The smallest absolute Gasteiger partial charge is 0.352 e. The van der Waals surface area contributed by atoms with Crippen molar-refractivity contribution in [3.05, 3.63) is 15.8 Å². The summed E-state index contributed by atoms with van der Waals surface area (Å²) in [5.74, 6) is 0.362. The molecule has 0 radical (unpaired) electrons. The van der Waals surface area contributed by atoms with Gasteiger partial charge in [-0.3, -0.25) is 10.1 Å². The maximum absolute atomic E-state index is 11.2. The number of anilines is 1. The van der Waals surface area contributed by atoms with E-state index in [2.05, 4.69) is 20.2 Å². The fourth-order valence-corrected chi connectivity index (χ4v) is 2.49. The summed E-state index contributed by atoms with van der Waals surface area (Å²) in [7, 11) is 3.71. The van der Waals surface area contributed by atoms with Gasteiger partial charge in [-0.05, 0) is 33.4 Å². The number of aryl methyl sites for hydroxylation is 1. The van der Waals surface area contributed by atoms with Crippen molar-refractivity contribution in [1.29, 1.82) is 0 Å². The maximum atomic E-state index is 11.2. The molecule has 8 heteroatoms. The van der Waals surface area contributed by atoms with Gasteiger partial charge in [0.15, 0.2) is 0 Å². The van der Waals surface area contributed by atoms with Crippen molar-refractivity contribution in [3.8, 4) is 5.88 Å². The standard InChI is InChI=1S/C13H21N5O3/c1-9-11(18(19)20)12(16-13(14-2)15-9)21-8-10-6-4-5-7-17(10)3/h10H,4-8H2,1-3H3,(H,14,15,16). The van der Waals surface area contributed by atoms with E-state index in [9.17, 15) is 10.1 Å². The van der Waals surface area contributed by atoms with Gasteiger partial charge >= 0.3 is 5.69 Å². The Morgan fingerprint density at radius 3 is 2.86 bits per heavy atom. The van der Waals surface area contributed by atoms with E-state index in [1.165, 1.54) is 6.42 Å². The minimum atomic E-state index is -0.491. The molecule has 0 saturated carbocycles. The SMILES string of the molecule is CNc1nc(C)c([N+](=O)[O-])c(OCC2CCCCN2C)n1. The number of hydrogen-bond donors (Lipinski definition) is 1. The summed E-state index contributed by atoms with van der Waals surface area (Å²) in [5, 5.41) is 14.0. The summed E-state index contributed by atoms with van der Waals surface area (Å²) in [4.78, 5) is 21.0. The summed E-state index contributed by atoms with van der Waals surface area (Å²) >= 11 is 0. The minimum absolute atomic E-state index is 0.0378. The zero-order chi connectivity index (χ0) is 15.4. The van der Waals surface area contributed by atoms with Crippen molar-refractivity contribution in [2.45, 2.75) is 32.2 Å². The molecular weight excluding hydrogens is 274 g/mol. The van der Waals surface area contributed by atoms with Crippen molar-refractivity contribution in [1.82, 2.24) is 14.9 Å². The Morgan fingerprint density at radius 1 is 1.48 bits per heavy atom. The largest absolute Gasteiger partial charge is 0.471 e. The summed E-state index contributed by atoms with van der Waals surface area (Å²) in [6.07, 6.45) is 3.38. The number of nitrogens with zero attached hydrogens (tertiary/aromatic N) is 4. The van der Waals surface area contributed by atoms with E-state index >= 15 is 0 Å². The van der Waals surface area contributed by atoms with Crippen molar-refractivity contribution >= 4 is 11.6 Å². The molecule has 1 atom stereocenters. The van der Waals surface area contributed by atoms with Crippen LogP contribution < -0.4 is 10.1 Å². The monoisotopic (exact) mass is 295 g/mol. The highest BCUT2D eigenvalue weighted by Crippen LogP contribution is 2.29. The van der Waals surface area contributed by atoms with Gasteiger partial charge in [-0.15, -0.1) is 0 Å². The highest BCUT2D eigenvalue weighted by molar-refractivity contribution is 5.48. The molecule has 0 aromatic carbocycles. The van der Waals surface area contributed by atoms with Crippen molar-refractivity contribution in [2.75, 3.05) is 32.6 Å². The molecule has 0 aliphatic carbocycles. The number of likely N-dealkylation sites (N-methyl/N-ethyl adjacent to an activating group) is 1. The molecule has 1 fully saturated rings. The van der Waals surface area contributed by atoms with Gasteiger partial charge < -0.3 is 15.0 Å².